The van der Waals surface area contributed by atoms with Crippen molar-refractivity contribution in [3.05, 3.63) is 29.6 Å². The summed E-state index contributed by atoms with van der Waals surface area (Å²) in [5, 5.41) is 9.86. The Kier molecular flexibility index (Phi) is 4.46. The summed E-state index contributed by atoms with van der Waals surface area (Å²) in [5.74, 6) is 0.371. The van der Waals surface area contributed by atoms with Crippen LogP contribution in [0.15, 0.2) is 18.2 Å². The van der Waals surface area contributed by atoms with E-state index in [0.29, 0.717) is 17.5 Å². The number of aliphatic hydroxyl groups excluding tert-OH is 1. The Morgan fingerprint density at radius 1 is 1.32 bits per heavy atom. The summed E-state index contributed by atoms with van der Waals surface area (Å²) in [7, 11) is 0. The fourth-order valence-corrected chi connectivity index (χ4v) is 2.40. The molecule has 1 N–H and O–H groups in total. The maximum atomic E-state index is 13.4. The minimum Gasteiger partial charge on any atom is -0.389 e. The van der Waals surface area contributed by atoms with E-state index in [1.807, 2.05) is 6.07 Å². The molecule has 0 aliphatic heterocycles. The van der Waals surface area contributed by atoms with Crippen LogP contribution in [0.4, 0.5) is 10.1 Å². The second-order valence-electron chi connectivity index (χ2n) is 5.99. The third-order valence-corrected chi connectivity index (χ3v) is 3.68. The van der Waals surface area contributed by atoms with Crippen LogP contribution in [0, 0.1) is 11.7 Å². The molecule has 0 aromatic heterocycles. The first kappa shape index (κ1) is 14.3. The van der Waals surface area contributed by atoms with Gasteiger partial charge < -0.3 is 10.0 Å². The second kappa shape index (κ2) is 5.91. The lowest BCUT2D eigenvalue weighted by Gasteiger charge is -2.28. The van der Waals surface area contributed by atoms with E-state index in [2.05, 4.69) is 18.7 Å². The monoisotopic (exact) mass is 265 g/mol. The van der Waals surface area contributed by atoms with E-state index >= 15 is 0 Å². The average molecular weight is 265 g/mol. The number of anilines is 1. The van der Waals surface area contributed by atoms with Gasteiger partial charge in [-0.3, -0.25) is 0 Å². The van der Waals surface area contributed by atoms with Gasteiger partial charge in [0.2, 0.25) is 0 Å². The van der Waals surface area contributed by atoms with Gasteiger partial charge in [-0.1, -0.05) is 13.8 Å². The lowest BCUT2D eigenvalue weighted by atomic mass is 10.1. The molecular weight excluding hydrogens is 241 g/mol. The van der Waals surface area contributed by atoms with Crippen molar-refractivity contribution < 1.29 is 9.50 Å². The number of hydrogen-bond acceptors (Lipinski definition) is 2. The largest absolute Gasteiger partial charge is 0.389 e. The van der Waals surface area contributed by atoms with Crippen LogP contribution in [0.1, 0.15) is 51.7 Å². The highest BCUT2D eigenvalue weighted by molar-refractivity contribution is 5.56. The van der Waals surface area contributed by atoms with Crippen LogP contribution in [0.3, 0.4) is 0 Å². The van der Waals surface area contributed by atoms with Gasteiger partial charge in [-0.2, -0.15) is 0 Å². The topological polar surface area (TPSA) is 23.5 Å². The fraction of sp³-hybridized carbons (Fsp3) is 0.625. The predicted molar refractivity (Wildman–Crippen MR) is 76.9 cm³/mol. The van der Waals surface area contributed by atoms with E-state index in [1.54, 1.807) is 6.92 Å². The van der Waals surface area contributed by atoms with Crippen molar-refractivity contribution in [2.45, 2.75) is 52.2 Å². The van der Waals surface area contributed by atoms with Gasteiger partial charge in [0.25, 0.3) is 0 Å². The standard InChI is InChI=1S/C16H24FNO/c1-11(2)8-9-18(14-5-6-14)16-7-4-13(17)10-15(16)12(3)19/h4,7,10-12,14,19H,5-6,8-9H2,1-3H3/t12-/m1/s1. The molecule has 0 heterocycles. The summed E-state index contributed by atoms with van der Waals surface area (Å²) >= 11 is 0. The van der Waals surface area contributed by atoms with E-state index in [4.69, 9.17) is 0 Å². The van der Waals surface area contributed by atoms with Gasteiger partial charge in [0.05, 0.1) is 6.10 Å². The first-order valence-electron chi connectivity index (χ1n) is 7.23. The summed E-state index contributed by atoms with van der Waals surface area (Å²) < 4.78 is 13.4. The molecule has 0 amide bonds. The number of aliphatic hydroxyl groups is 1. The zero-order valence-electron chi connectivity index (χ0n) is 12.1. The van der Waals surface area contributed by atoms with E-state index in [0.717, 1.165) is 18.7 Å². The Morgan fingerprint density at radius 2 is 2.00 bits per heavy atom. The van der Waals surface area contributed by atoms with Gasteiger partial charge in [0.1, 0.15) is 5.82 Å². The smallest absolute Gasteiger partial charge is 0.123 e. The summed E-state index contributed by atoms with van der Waals surface area (Å²) in [4.78, 5) is 2.35. The Labute approximate surface area is 115 Å². The van der Waals surface area contributed by atoms with Crippen LogP contribution in [0.2, 0.25) is 0 Å². The molecule has 0 radical (unpaired) electrons. The van der Waals surface area contributed by atoms with E-state index < -0.39 is 6.10 Å². The second-order valence-corrected chi connectivity index (χ2v) is 5.99. The normalized spacial score (nSPS) is 16.7. The molecule has 1 aromatic carbocycles. The number of benzene rings is 1. The summed E-state index contributed by atoms with van der Waals surface area (Å²) in [6, 6.07) is 5.34. The molecule has 1 aromatic rings. The highest BCUT2D eigenvalue weighted by Crippen LogP contribution is 2.36. The highest BCUT2D eigenvalue weighted by atomic mass is 19.1. The van der Waals surface area contributed by atoms with Gasteiger partial charge in [-0.05, 0) is 50.3 Å². The molecule has 106 valence electrons. The highest BCUT2D eigenvalue weighted by Gasteiger charge is 2.30. The molecule has 1 aliphatic carbocycles. The minimum absolute atomic E-state index is 0.278. The van der Waals surface area contributed by atoms with Gasteiger partial charge in [-0.15, -0.1) is 0 Å². The number of rotatable bonds is 6. The van der Waals surface area contributed by atoms with Crippen molar-refractivity contribution in [2.24, 2.45) is 5.92 Å². The van der Waals surface area contributed by atoms with Crippen LogP contribution >= 0.6 is 0 Å². The molecule has 0 spiro atoms. The molecule has 0 bridgehead atoms. The molecule has 1 saturated carbocycles. The minimum atomic E-state index is -0.633. The summed E-state index contributed by atoms with van der Waals surface area (Å²) in [6.45, 7) is 7.11. The van der Waals surface area contributed by atoms with Gasteiger partial charge >= 0.3 is 0 Å². The van der Waals surface area contributed by atoms with Gasteiger partial charge in [0, 0.05) is 23.8 Å². The molecule has 1 fully saturated rings. The zero-order valence-corrected chi connectivity index (χ0v) is 12.1. The SMILES string of the molecule is CC(C)CCN(c1ccc(F)cc1[C@@H](C)O)C1CC1. The van der Waals surface area contributed by atoms with Gasteiger partial charge in [-0.25, -0.2) is 4.39 Å². The Hall–Kier alpha value is -1.09. The Morgan fingerprint density at radius 3 is 2.53 bits per heavy atom. The third-order valence-electron chi connectivity index (χ3n) is 3.68. The van der Waals surface area contributed by atoms with Crippen LogP contribution in [0.5, 0.6) is 0 Å². The molecular formula is C16H24FNO. The molecule has 1 aliphatic rings. The molecule has 19 heavy (non-hydrogen) atoms. The van der Waals surface area contributed by atoms with Crippen molar-refractivity contribution >= 4 is 5.69 Å². The third kappa shape index (κ3) is 3.69. The molecule has 2 nitrogen and oxygen atoms in total. The van der Waals surface area contributed by atoms with E-state index in [9.17, 15) is 9.50 Å². The molecule has 0 unspecified atom stereocenters. The van der Waals surface area contributed by atoms with Crippen LogP contribution in [-0.2, 0) is 0 Å². The fourth-order valence-electron chi connectivity index (χ4n) is 2.40. The van der Waals surface area contributed by atoms with Crippen molar-refractivity contribution in [1.82, 2.24) is 0 Å². The number of hydrogen-bond donors (Lipinski definition) is 1. The lowest BCUT2D eigenvalue weighted by Crippen LogP contribution is -2.29. The molecule has 3 heteroatoms. The molecule has 2 rings (SSSR count). The molecule has 0 saturated heterocycles. The van der Waals surface area contributed by atoms with Crippen LogP contribution in [-0.4, -0.2) is 17.7 Å². The summed E-state index contributed by atoms with van der Waals surface area (Å²) in [5.41, 5.74) is 1.70. The van der Waals surface area contributed by atoms with Crippen LogP contribution in [0.25, 0.3) is 0 Å². The Balaban J connectivity index is 2.25. The average Bonchev–Trinajstić information content (AvgIpc) is 3.14. The van der Waals surface area contributed by atoms with E-state index in [1.165, 1.54) is 25.0 Å². The van der Waals surface area contributed by atoms with Crippen LogP contribution < -0.4 is 4.90 Å². The van der Waals surface area contributed by atoms with E-state index in [-0.39, 0.29) is 5.82 Å². The van der Waals surface area contributed by atoms with Crippen molar-refractivity contribution in [1.29, 1.82) is 0 Å². The van der Waals surface area contributed by atoms with Gasteiger partial charge in [0.15, 0.2) is 0 Å². The van der Waals surface area contributed by atoms with Crippen molar-refractivity contribution in [2.75, 3.05) is 11.4 Å². The quantitative estimate of drug-likeness (QED) is 0.843. The molecule has 1 atom stereocenters. The van der Waals surface area contributed by atoms with Crippen molar-refractivity contribution in [3.63, 3.8) is 0 Å². The maximum Gasteiger partial charge on any atom is 0.123 e. The first-order valence-corrected chi connectivity index (χ1v) is 7.23. The van der Waals surface area contributed by atoms with Crippen molar-refractivity contribution in [3.8, 4) is 0 Å². The maximum absolute atomic E-state index is 13.4. The lowest BCUT2D eigenvalue weighted by molar-refractivity contribution is 0.199. The summed E-state index contributed by atoms with van der Waals surface area (Å²) in [6.07, 6.45) is 2.89. The first-order chi connectivity index (χ1) is 8.99. The zero-order chi connectivity index (χ0) is 14.0. The number of halogens is 1. The number of nitrogens with zero attached hydrogens (tertiary/aromatic N) is 1. The Bertz CT molecular complexity index is 427. The predicted octanol–water partition coefficient (Wildman–Crippen LogP) is 3.89.